The number of likely N-dealkylation sites (N-methyl/N-ethyl adjacent to an activating group) is 1. The van der Waals surface area contributed by atoms with E-state index in [1.807, 2.05) is 30.3 Å². The quantitative estimate of drug-likeness (QED) is 0.736. The zero-order chi connectivity index (χ0) is 16.2. The second kappa shape index (κ2) is 6.75. The Morgan fingerprint density at radius 3 is 2.70 bits per heavy atom. The summed E-state index contributed by atoms with van der Waals surface area (Å²) >= 11 is 6.18. The van der Waals surface area contributed by atoms with Crippen molar-refractivity contribution < 1.29 is 4.79 Å². The van der Waals surface area contributed by atoms with Gasteiger partial charge in [-0.25, -0.2) is 0 Å². The van der Waals surface area contributed by atoms with Crippen LogP contribution < -0.4 is 0 Å². The van der Waals surface area contributed by atoms with Crippen molar-refractivity contribution in [3.05, 3.63) is 71.1 Å². The van der Waals surface area contributed by atoms with E-state index in [2.05, 4.69) is 9.97 Å². The maximum atomic E-state index is 12.7. The maximum Gasteiger partial charge on any atom is 0.255 e. The number of pyridine rings is 2. The average molecular weight is 326 g/mol. The van der Waals surface area contributed by atoms with Crippen molar-refractivity contribution >= 4 is 28.4 Å². The summed E-state index contributed by atoms with van der Waals surface area (Å²) in [5, 5.41) is 1.39. The van der Waals surface area contributed by atoms with Crippen LogP contribution >= 0.6 is 11.6 Å². The van der Waals surface area contributed by atoms with Crippen molar-refractivity contribution in [3.8, 4) is 0 Å². The molecule has 0 saturated carbocycles. The minimum atomic E-state index is -0.0682. The highest BCUT2D eigenvalue weighted by molar-refractivity contribution is 6.36. The molecule has 3 aromatic rings. The van der Waals surface area contributed by atoms with Crippen LogP contribution in [0.2, 0.25) is 5.02 Å². The molecule has 0 saturated heterocycles. The predicted octanol–water partition coefficient (Wildman–Crippen LogP) is 3.60. The zero-order valence-electron chi connectivity index (χ0n) is 12.7. The maximum absolute atomic E-state index is 12.7. The van der Waals surface area contributed by atoms with E-state index < -0.39 is 0 Å². The fourth-order valence-electron chi connectivity index (χ4n) is 2.45. The molecule has 1 amide bonds. The van der Waals surface area contributed by atoms with Crippen molar-refractivity contribution in [1.82, 2.24) is 14.9 Å². The number of hydrogen-bond donors (Lipinski definition) is 0. The first kappa shape index (κ1) is 15.4. The molecule has 0 N–H and O–H groups in total. The predicted molar refractivity (Wildman–Crippen MR) is 91.7 cm³/mol. The van der Waals surface area contributed by atoms with Crippen LogP contribution in [0, 0.1) is 0 Å². The number of hydrogen-bond acceptors (Lipinski definition) is 3. The summed E-state index contributed by atoms with van der Waals surface area (Å²) in [6, 6.07) is 12.9. The minimum absolute atomic E-state index is 0.0682. The highest BCUT2D eigenvalue weighted by Crippen LogP contribution is 2.25. The van der Waals surface area contributed by atoms with Gasteiger partial charge in [-0.05, 0) is 36.4 Å². The van der Waals surface area contributed by atoms with Crippen molar-refractivity contribution in [2.45, 2.75) is 6.42 Å². The lowest BCUT2D eigenvalue weighted by atomic mass is 10.1. The Bertz CT molecular complexity index is 836. The zero-order valence-corrected chi connectivity index (χ0v) is 13.5. The first-order valence-corrected chi connectivity index (χ1v) is 7.73. The first-order valence-electron chi connectivity index (χ1n) is 7.35. The lowest BCUT2D eigenvalue weighted by Gasteiger charge is -2.18. The SMILES string of the molecule is CN(CCc1ccccn1)C(=O)c1ccc(Cl)c2cccnc12. The molecule has 23 heavy (non-hydrogen) atoms. The van der Waals surface area contributed by atoms with E-state index in [1.165, 1.54) is 0 Å². The Balaban J connectivity index is 1.81. The number of rotatable bonds is 4. The second-order valence-electron chi connectivity index (χ2n) is 5.29. The molecule has 5 heteroatoms. The molecule has 2 aromatic heterocycles. The van der Waals surface area contributed by atoms with Crippen molar-refractivity contribution in [2.24, 2.45) is 0 Å². The van der Waals surface area contributed by atoms with Crippen molar-refractivity contribution in [3.63, 3.8) is 0 Å². The highest BCUT2D eigenvalue weighted by Gasteiger charge is 2.16. The van der Waals surface area contributed by atoms with E-state index in [0.717, 1.165) is 11.1 Å². The molecule has 0 unspecified atom stereocenters. The lowest BCUT2D eigenvalue weighted by Crippen LogP contribution is -2.29. The molecule has 0 aliphatic carbocycles. The average Bonchev–Trinajstić information content (AvgIpc) is 2.60. The van der Waals surface area contributed by atoms with Gasteiger partial charge in [-0.1, -0.05) is 17.7 Å². The molecular weight excluding hydrogens is 310 g/mol. The molecule has 3 rings (SSSR count). The van der Waals surface area contributed by atoms with E-state index >= 15 is 0 Å². The van der Waals surface area contributed by atoms with E-state index in [0.29, 0.717) is 29.1 Å². The summed E-state index contributed by atoms with van der Waals surface area (Å²) in [6.07, 6.45) is 4.14. The van der Waals surface area contributed by atoms with Crippen LogP contribution in [0.15, 0.2) is 54.9 Å². The van der Waals surface area contributed by atoms with Gasteiger partial charge in [0.15, 0.2) is 0 Å². The molecule has 4 nitrogen and oxygen atoms in total. The molecule has 0 fully saturated rings. The van der Waals surface area contributed by atoms with Crippen LogP contribution in [-0.2, 0) is 6.42 Å². The number of fused-ring (bicyclic) bond motifs is 1. The Morgan fingerprint density at radius 1 is 1.09 bits per heavy atom. The monoisotopic (exact) mass is 325 g/mol. The van der Waals surface area contributed by atoms with Gasteiger partial charge in [0.25, 0.3) is 5.91 Å². The molecule has 0 atom stereocenters. The standard InChI is InChI=1S/C18H16ClN3O/c1-22(12-9-13-5-2-3-10-20-13)18(23)15-7-8-16(19)14-6-4-11-21-17(14)15/h2-8,10-11H,9,12H2,1H3. The Labute approximate surface area is 139 Å². The third kappa shape index (κ3) is 3.32. The minimum Gasteiger partial charge on any atom is -0.341 e. The number of halogens is 1. The largest absolute Gasteiger partial charge is 0.341 e. The number of nitrogens with zero attached hydrogens (tertiary/aromatic N) is 3. The van der Waals surface area contributed by atoms with Crippen molar-refractivity contribution in [2.75, 3.05) is 13.6 Å². The molecule has 0 radical (unpaired) electrons. The van der Waals surface area contributed by atoms with Crippen LogP contribution in [-0.4, -0.2) is 34.4 Å². The first-order chi connectivity index (χ1) is 11.2. The fourth-order valence-corrected chi connectivity index (χ4v) is 2.66. The summed E-state index contributed by atoms with van der Waals surface area (Å²) in [4.78, 5) is 23.0. The molecule has 0 bridgehead atoms. The van der Waals surface area contributed by atoms with E-state index in [-0.39, 0.29) is 5.91 Å². The third-order valence-corrected chi connectivity index (χ3v) is 4.05. The third-order valence-electron chi connectivity index (χ3n) is 3.72. The Kier molecular flexibility index (Phi) is 4.53. The molecule has 0 spiro atoms. The van der Waals surface area contributed by atoms with Gasteiger partial charge in [-0.15, -0.1) is 0 Å². The van der Waals surface area contributed by atoms with Crippen LogP contribution in [0.1, 0.15) is 16.1 Å². The summed E-state index contributed by atoms with van der Waals surface area (Å²) < 4.78 is 0. The van der Waals surface area contributed by atoms with Gasteiger partial charge in [0.1, 0.15) is 0 Å². The smallest absolute Gasteiger partial charge is 0.255 e. The number of aromatic nitrogens is 2. The lowest BCUT2D eigenvalue weighted by molar-refractivity contribution is 0.0798. The van der Waals surface area contributed by atoms with Gasteiger partial charge in [0, 0.05) is 43.5 Å². The van der Waals surface area contributed by atoms with Crippen LogP contribution in [0.25, 0.3) is 10.9 Å². The van der Waals surface area contributed by atoms with E-state index in [9.17, 15) is 4.79 Å². The fraction of sp³-hybridized carbons (Fsp3) is 0.167. The van der Waals surface area contributed by atoms with Gasteiger partial charge in [-0.2, -0.15) is 0 Å². The number of amides is 1. The molecule has 2 heterocycles. The topological polar surface area (TPSA) is 46.1 Å². The van der Waals surface area contributed by atoms with E-state index in [4.69, 9.17) is 11.6 Å². The van der Waals surface area contributed by atoms with Gasteiger partial charge in [0.2, 0.25) is 0 Å². The molecular formula is C18H16ClN3O. The van der Waals surface area contributed by atoms with Gasteiger partial charge >= 0.3 is 0 Å². The molecule has 116 valence electrons. The van der Waals surface area contributed by atoms with Crippen LogP contribution in [0.5, 0.6) is 0 Å². The number of carbonyl (C=O) groups excluding carboxylic acids is 1. The van der Waals surface area contributed by atoms with Gasteiger partial charge in [0.05, 0.1) is 16.1 Å². The van der Waals surface area contributed by atoms with Gasteiger partial charge in [-0.3, -0.25) is 14.8 Å². The molecule has 0 aliphatic heterocycles. The van der Waals surface area contributed by atoms with Crippen LogP contribution in [0.3, 0.4) is 0 Å². The summed E-state index contributed by atoms with van der Waals surface area (Å²) in [7, 11) is 1.79. The summed E-state index contributed by atoms with van der Waals surface area (Å²) in [6.45, 7) is 0.590. The summed E-state index contributed by atoms with van der Waals surface area (Å²) in [5.74, 6) is -0.0682. The number of benzene rings is 1. The molecule has 0 aliphatic rings. The highest BCUT2D eigenvalue weighted by atomic mass is 35.5. The van der Waals surface area contributed by atoms with Crippen molar-refractivity contribution in [1.29, 1.82) is 0 Å². The normalized spacial score (nSPS) is 10.7. The molecule has 1 aromatic carbocycles. The van der Waals surface area contributed by atoms with Crippen LogP contribution in [0.4, 0.5) is 0 Å². The second-order valence-corrected chi connectivity index (χ2v) is 5.70. The van der Waals surface area contributed by atoms with Gasteiger partial charge < -0.3 is 4.90 Å². The number of carbonyl (C=O) groups is 1. The Hall–Kier alpha value is -2.46. The Morgan fingerprint density at radius 2 is 1.91 bits per heavy atom. The van der Waals surface area contributed by atoms with E-state index in [1.54, 1.807) is 36.5 Å². The summed E-state index contributed by atoms with van der Waals surface area (Å²) in [5.41, 5.74) is 2.16.